The van der Waals surface area contributed by atoms with E-state index in [0.717, 1.165) is 55.0 Å². The van der Waals surface area contributed by atoms with Crippen molar-refractivity contribution in [3.63, 3.8) is 0 Å². The summed E-state index contributed by atoms with van der Waals surface area (Å²) in [4.78, 5) is 35.6. The molecule has 0 N–H and O–H groups in total. The number of hydrogen-bond acceptors (Lipinski definition) is 8. The highest BCUT2D eigenvalue weighted by molar-refractivity contribution is 5.69. The van der Waals surface area contributed by atoms with Gasteiger partial charge in [0.25, 0.3) is 0 Å². The van der Waals surface area contributed by atoms with Gasteiger partial charge in [-0.2, -0.15) is 9.97 Å². The maximum absolute atomic E-state index is 13.2. The van der Waals surface area contributed by atoms with Crippen LogP contribution in [0.1, 0.15) is 41.6 Å². The molecule has 10 nitrogen and oxygen atoms in total. The highest BCUT2D eigenvalue weighted by atomic mass is 16.6. The smallest absolute Gasteiger partial charge is 0.410 e. The Morgan fingerprint density at radius 1 is 0.978 bits per heavy atom. The number of carbonyl (C=O) groups excluding carboxylic acids is 1. The van der Waals surface area contributed by atoms with Gasteiger partial charge in [0.2, 0.25) is 6.54 Å². The highest BCUT2D eigenvalue weighted by Crippen LogP contribution is 2.33. The molecule has 2 saturated heterocycles. The summed E-state index contributed by atoms with van der Waals surface area (Å²) in [7, 11) is 2.15. The van der Waals surface area contributed by atoms with E-state index in [-0.39, 0.29) is 25.3 Å². The molecule has 0 saturated carbocycles. The number of carbonyl (C=O) groups is 1. The first-order valence-corrected chi connectivity index (χ1v) is 16.1. The molecule has 3 aromatic rings. The zero-order valence-corrected chi connectivity index (χ0v) is 26.4. The van der Waals surface area contributed by atoms with Gasteiger partial charge in [0.1, 0.15) is 25.1 Å². The summed E-state index contributed by atoms with van der Waals surface area (Å²) >= 11 is 0. The van der Waals surface area contributed by atoms with Gasteiger partial charge < -0.3 is 29.0 Å². The van der Waals surface area contributed by atoms with Gasteiger partial charge in [-0.15, -0.1) is 0 Å². The molecule has 3 aliphatic rings. The number of nitrogens with zero attached hydrogens (tertiary/aromatic N) is 7. The minimum Gasteiger partial charge on any atom is -0.462 e. The fourth-order valence-electron chi connectivity index (χ4n) is 6.75. The maximum Gasteiger partial charge on any atom is 0.410 e. The van der Waals surface area contributed by atoms with Crippen molar-refractivity contribution in [3.8, 4) is 6.01 Å². The van der Waals surface area contributed by atoms with Crippen LogP contribution < -0.4 is 14.5 Å². The van der Waals surface area contributed by atoms with E-state index in [1.807, 2.05) is 30.3 Å². The summed E-state index contributed by atoms with van der Waals surface area (Å²) in [5.74, 6) is 0.869. The van der Waals surface area contributed by atoms with E-state index in [2.05, 4.69) is 57.8 Å². The van der Waals surface area contributed by atoms with E-state index in [1.54, 1.807) is 4.90 Å². The third-order valence-corrected chi connectivity index (χ3v) is 9.30. The fraction of sp³-hybridized carbons (Fsp3) is 0.486. The molecule has 45 heavy (non-hydrogen) atoms. The Balaban J connectivity index is 1.25. The number of likely N-dealkylation sites (tertiary alicyclic amines) is 1. The number of fused-ring (bicyclic) bond motifs is 1. The van der Waals surface area contributed by atoms with Crippen molar-refractivity contribution < 1.29 is 14.3 Å². The molecule has 0 spiro atoms. The Morgan fingerprint density at radius 3 is 2.58 bits per heavy atom. The summed E-state index contributed by atoms with van der Waals surface area (Å²) in [5, 5.41) is 0. The van der Waals surface area contributed by atoms with Gasteiger partial charge in [0, 0.05) is 43.5 Å². The summed E-state index contributed by atoms with van der Waals surface area (Å²) in [6, 6.07) is 18.6. The molecule has 0 aliphatic carbocycles. The molecule has 6 rings (SSSR count). The number of aromatic nitrogens is 2. The lowest BCUT2D eigenvalue weighted by Crippen LogP contribution is -2.56. The van der Waals surface area contributed by atoms with Gasteiger partial charge in [0.05, 0.1) is 12.2 Å². The van der Waals surface area contributed by atoms with Crippen LogP contribution in [0.5, 0.6) is 6.01 Å². The lowest BCUT2D eigenvalue weighted by molar-refractivity contribution is 0.0788. The number of amides is 1. The molecular weight excluding hydrogens is 566 g/mol. The molecular formula is C35H43N7O3. The molecule has 10 heteroatoms. The minimum atomic E-state index is -0.382. The first kappa shape index (κ1) is 30.7. The predicted octanol–water partition coefficient (Wildman–Crippen LogP) is 4.96. The van der Waals surface area contributed by atoms with E-state index in [4.69, 9.17) is 26.0 Å². The van der Waals surface area contributed by atoms with Crippen molar-refractivity contribution in [2.24, 2.45) is 0 Å². The molecule has 0 radical (unpaired) electrons. The lowest BCUT2D eigenvalue weighted by atomic mass is 10.1. The Morgan fingerprint density at radius 2 is 1.80 bits per heavy atom. The Labute approximate surface area is 266 Å². The largest absolute Gasteiger partial charge is 0.462 e. The van der Waals surface area contributed by atoms with Crippen molar-refractivity contribution >= 4 is 17.6 Å². The second-order valence-corrected chi connectivity index (χ2v) is 12.3. The van der Waals surface area contributed by atoms with Crippen molar-refractivity contribution in [1.82, 2.24) is 19.8 Å². The molecule has 236 valence electrons. The average Bonchev–Trinajstić information content (AvgIpc) is 3.35. The third kappa shape index (κ3) is 7.15. The molecule has 2 fully saturated rings. The number of likely N-dealkylation sites (N-methyl/N-ethyl adjacent to an activating group) is 1. The van der Waals surface area contributed by atoms with Crippen molar-refractivity contribution in [1.29, 1.82) is 0 Å². The zero-order valence-electron chi connectivity index (χ0n) is 26.4. The summed E-state index contributed by atoms with van der Waals surface area (Å²) < 4.78 is 12.0. The fourth-order valence-corrected chi connectivity index (χ4v) is 6.75. The van der Waals surface area contributed by atoms with E-state index >= 15 is 0 Å². The van der Waals surface area contributed by atoms with Crippen molar-refractivity contribution in [2.45, 2.75) is 57.8 Å². The molecule has 1 amide bonds. The van der Waals surface area contributed by atoms with E-state index in [0.29, 0.717) is 44.8 Å². The third-order valence-electron chi connectivity index (χ3n) is 9.30. The maximum atomic E-state index is 13.2. The highest BCUT2D eigenvalue weighted by Gasteiger charge is 2.36. The normalized spacial score (nSPS) is 20.3. The number of para-hydroxylation sites is 1. The van der Waals surface area contributed by atoms with Crippen LogP contribution in [0.15, 0.2) is 54.6 Å². The number of hydrogen-bond donors (Lipinski definition) is 0. The minimum absolute atomic E-state index is 0.197. The molecule has 4 heterocycles. The standard InChI is InChI=1S/C35H43N7O3/c1-26-11-7-8-16-32(26)40-18-10-15-30-31(23-40)37-34(44-25-28-14-9-17-39(28)3)38-33(30)41-19-20-42(29(22-41)21-36-2)35(43)45-24-27-12-5-4-6-13-27/h4-8,11-13,16,28-29H,9-10,14-15,17-25H2,1,3H3/t28-,29-/m0/s1. The van der Waals surface area contributed by atoms with Gasteiger partial charge in [-0.05, 0) is 63.4 Å². The quantitative estimate of drug-likeness (QED) is 0.332. The van der Waals surface area contributed by atoms with Crippen LogP contribution in [0, 0.1) is 13.5 Å². The number of anilines is 2. The number of piperazine rings is 1. The van der Waals surface area contributed by atoms with Gasteiger partial charge in [-0.3, -0.25) is 4.90 Å². The van der Waals surface area contributed by atoms with E-state index in [9.17, 15) is 4.79 Å². The monoisotopic (exact) mass is 609 g/mol. The van der Waals surface area contributed by atoms with Crippen LogP contribution in [0.25, 0.3) is 4.85 Å². The molecule has 3 aliphatic heterocycles. The number of ether oxygens (including phenoxy) is 2. The van der Waals surface area contributed by atoms with Crippen molar-refractivity contribution in [2.75, 3.05) is 62.7 Å². The average molecular weight is 610 g/mol. The van der Waals surface area contributed by atoms with Gasteiger partial charge >= 0.3 is 12.1 Å². The van der Waals surface area contributed by atoms with Crippen LogP contribution in [-0.2, 0) is 24.3 Å². The Kier molecular flexibility index (Phi) is 9.65. The first-order chi connectivity index (χ1) is 22.0. The van der Waals surface area contributed by atoms with Crippen LogP contribution >= 0.6 is 0 Å². The van der Waals surface area contributed by atoms with Gasteiger partial charge in [0.15, 0.2) is 0 Å². The summed E-state index contributed by atoms with van der Waals surface area (Å²) in [6.07, 6.45) is 3.73. The second kappa shape index (κ2) is 14.2. The van der Waals surface area contributed by atoms with E-state index in [1.165, 1.54) is 17.7 Å². The van der Waals surface area contributed by atoms with Crippen LogP contribution in [0.2, 0.25) is 0 Å². The molecule has 0 unspecified atom stereocenters. The zero-order chi connectivity index (χ0) is 31.2. The second-order valence-electron chi connectivity index (χ2n) is 12.3. The van der Waals surface area contributed by atoms with Gasteiger partial charge in [-0.1, -0.05) is 48.5 Å². The number of benzene rings is 2. The Bertz CT molecular complexity index is 1510. The van der Waals surface area contributed by atoms with Crippen LogP contribution in [-0.4, -0.2) is 90.9 Å². The summed E-state index contributed by atoms with van der Waals surface area (Å²) in [6.45, 7) is 15.0. The summed E-state index contributed by atoms with van der Waals surface area (Å²) in [5.41, 5.74) is 5.53. The van der Waals surface area contributed by atoms with Crippen molar-refractivity contribution in [3.05, 3.63) is 88.4 Å². The lowest BCUT2D eigenvalue weighted by Gasteiger charge is -2.39. The first-order valence-electron chi connectivity index (χ1n) is 16.1. The topological polar surface area (TPSA) is 78.6 Å². The van der Waals surface area contributed by atoms with Crippen LogP contribution in [0.4, 0.5) is 16.3 Å². The number of rotatable bonds is 8. The SMILES string of the molecule is [C-]#[N+]C[C@H]1CN(c2nc(OC[C@@H]3CCCN3C)nc3c2CCCN(c2ccccc2C)C3)CCN1C(=O)OCc1ccccc1. The molecule has 0 bridgehead atoms. The molecule has 2 aromatic carbocycles. The van der Waals surface area contributed by atoms with Gasteiger partial charge in [-0.25, -0.2) is 11.4 Å². The van der Waals surface area contributed by atoms with E-state index < -0.39 is 0 Å². The number of aryl methyl sites for hydroxylation is 1. The molecule has 2 atom stereocenters. The predicted molar refractivity (Wildman–Crippen MR) is 175 cm³/mol. The van der Waals surface area contributed by atoms with Crippen LogP contribution in [0.3, 0.4) is 0 Å². The Hall–Kier alpha value is -4.36. The molecule has 1 aromatic heterocycles.